The Hall–Kier alpha value is -1.75. The molecule has 0 aliphatic rings. The monoisotopic (exact) mass is 290 g/mol. The lowest BCUT2D eigenvalue weighted by molar-refractivity contribution is 0.477. The molecule has 0 fully saturated rings. The van der Waals surface area contributed by atoms with Crippen molar-refractivity contribution < 1.29 is 4.39 Å². The summed E-state index contributed by atoms with van der Waals surface area (Å²) in [7, 11) is 0. The molecule has 5 heteroatoms. The maximum Gasteiger partial charge on any atom is 0.138 e. The first-order chi connectivity index (χ1) is 10.1. The van der Waals surface area contributed by atoms with Crippen LogP contribution >= 0.6 is 0 Å². The van der Waals surface area contributed by atoms with Gasteiger partial charge in [0.05, 0.1) is 0 Å². The van der Waals surface area contributed by atoms with Gasteiger partial charge in [0, 0.05) is 24.9 Å². The van der Waals surface area contributed by atoms with Crippen LogP contribution in [0.25, 0.3) is 0 Å². The summed E-state index contributed by atoms with van der Waals surface area (Å²) in [5, 5.41) is 7.57. The second-order valence-corrected chi connectivity index (χ2v) is 5.44. The number of aromatic nitrogens is 3. The van der Waals surface area contributed by atoms with Gasteiger partial charge in [-0.05, 0) is 32.0 Å². The summed E-state index contributed by atoms with van der Waals surface area (Å²) in [4.78, 5) is 4.34. The third-order valence-corrected chi connectivity index (χ3v) is 3.55. The van der Waals surface area contributed by atoms with Crippen molar-refractivity contribution in [2.75, 3.05) is 13.1 Å². The average Bonchev–Trinajstić information content (AvgIpc) is 2.92. The second-order valence-electron chi connectivity index (χ2n) is 5.44. The Labute approximate surface area is 125 Å². The maximum atomic E-state index is 14.1. The molecular formula is C16H23FN4. The number of halogens is 1. The fraction of sp³-hybridized carbons (Fsp3) is 0.500. The first-order valence-electron chi connectivity index (χ1n) is 7.47. The van der Waals surface area contributed by atoms with Gasteiger partial charge in [0.1, 0.15) is 18.0 Å². The predicted molar refractivity (Wildman–Crippen MR) is 81.8 cm³/mol. The Kier molecular flexibility index (Phi) is 5.44. The third kappa shape index (κ3) is 3.88. The van der Waals surface area contributed by atoms with E-state index in [0.717, 1.165) is 24.5 Å². The SMILES string of the molecule is CCNCC(Cc1ncnn1C(C)C)c1ccccc1F. The lowest BCUT2D eigenvalue weighted by Crippen LogP contribution is -2.24. The van der Waals surface area contributed by atoms with Crippen LogP contribution in [0.3, 0.4) is 0 Å². The van der Waals surface area contributed by atoms with Crippen molar-refractivity contribution in [3.05, 3.63) is 47.8 Å². The van der Waals surface area contributed by atoms with Crippen molar-refractivity contribution in [1.82, 2.24) is 20.1 Å². The standard InChI is InChI=1S/C16H23FN4/c1-4-18-10-13(14-7-5-6-8-15(14)17)9-16-19-11-20-21(16)12(2)3/h5-8,11-13,18H,4,9-10H2,1-3H3. The van der Waals surface area contributed by atoms with E-state index >= 15 is 0 Å². The van der Waals surface area contributed by atoms with Crippen molar-refractivity contribution >= 4 is 0 Å². The van der Waals surface area contributed by atoms with Crippen LogP contribution in [0.15, 0.2) is 30.6 Å². The van der Waals surface area contributed by atoms with Gasteiger partial charge in [-0.1, -0.05) is 25.1 Å². The quantitative estimate of drug-likeness (QED) is 0.852. The van der Waals surface area contributed by atoms with E-state index in [1.54, 1.807) is 12.4 Å². The van der Waals surface area contributed by atoms with Crippen LogP contribution in [0.1, 0.15) is 44.1 Å². The van der Waals surface area contributed by atoms with E-state index in [1.165, 1.54) is 6.07 Å². The molecule has 1 unspecified atom stereocenters. The molecule has 0 saturated heterocycles. The molecule has 0 aliphatic carbocycles. The molecule has 0 saturated carbocycles. The molecule has 1 heterocycles. The molecule has 0 aliphatic heterocycles. The lowest BCUT2D eigenvalue weighted by Gasteiger charge is -2.19. The number of likely N-dealkylation sites (N-methyl/N-ethyl adjacent to an activating group) is 1. The van der Waals surface area contributed by atoms with Crippen LogP contribution in [-0.4, -0.2) is 27.9 Å². The van der Waals surface area contributed by atoms with Crippen molar-refractivity contribution in [1.29, 1.82) is 0 Å². The molecule has 1 N–H and O–H groups in total. The number of nitrogens with one attached hydrogen (secondary N) is 1. The van der Waals surface area contributed by atoms with Crippen LogP contribution in [0.5, 0.6) is 0 Å². The summed E-state index contributed by atoms with van der Waals surface area (Å²) < 4.78 is 16.0. The van der Waals surface area contributed by atoms with Gasteiger partial charge < -0.3 is 5.32 Å². The minimum atomic E-state index is -0.156. The third-order valence-electron chi connectivity index (χ3n) is 3.55. The van der Waals surface area contributed by atoms with E-state index in [1.807, 2.05) is 16.8 Å². The Balaban J connectivity index is 2.24. The van der Waals surface area contributed by atoms with Crippen molar-refractivity contribution in [2.24, 2.45) is 0 Å². The summed E-state index contributed by atoms with van der Waals surface area (Å²) in [5.41, 5.74) is 0.733. The number of nitrogens with zero attached hydrogens (tertiary/aromatic N) is 3. The second kappa shape index (κ2) is 7.31. The molecule has 1 atom stereocenters. The lowest BCUT2D eigenvalue weighted by atomic mass is 9.94. The first-order valence-corrected chi connectivity index (χ1v) is 7.47. The minimum Gasteiger partial charge on any atom is -0.316 e. The van der Waals surface area contributed by atoms with Gasteiger partial charge in [-0.25, -0.2) is 14.1 Å². The van der Waals surface area contributed by atoms with Gasteiger partial charge in [0.25, 0.3) is 0 Å². The van der Waals surface area contributed by atoms with Crippen molar-refractivity contribution in [2.45, 2.75) is 39.2 Å². The van der Waals surface area contributed by atoms with Crippen LogP contribution in [-0.2, 0) is 6.42 Å². The fourth-order valence-corrected chi connectivity index (χ4v) is 2.49. The Bertz CT molecular complexity index is 565. The number of hydrogen-bond donors (Lipinski definition) is 1. The topological polar surface area (TPSA) is 42.7 Å². The van der Waals surface area contributed by atoms with Crippen LogP contribution in [0.2, 0.25) is 0 Å². The first kappa shape index (κ1) is 15.6. The highest BCUT2D eigenvalue weighted by Gasteiger charge is 2.19. The van der Waals surface area contributed by atoms with Gasteiger partial charge in [-0.3, -0.25) is 0 Å². The smallest absolute Gasteiger partial charge is 0.138 e. The molecule has 0 spiro atoms. The molecule has 1 aromatic carbocycles. The Morgan fingerprint density at radius 3 is 2.71 bits per heavy atom. The van der Waals surface area contributed by atoms with Gasteiger partial charge in [-0.2, -0.15) is 5.10 Å². The molecule has 0 amide bonds. The zero-order chi connectivity index (χ0) is 15.2. The molecule has 2 rings (SSSR count). The highest BCUT2D eigenvalue weighted by Crippen LogP contribution is 2.23. The van der Waals surface area contributed by atoms with Gasteiger partial charge in [0.15, 0.2) is 0 Å². The highest BCUT2D eigenvalue weighted by molar-refractivity contribution is 5.23. The van der Waals surface area contributed by atoms with E-state index in [9.17, 15) is 4.39 Å². The molecule has 0 bridgehead atoms. The van der Waals surface area contributed by atoms with Gasteiger partial charge in [0.2, 0.25) is 0 Å². The minimum absolute atomic E-state index is 0.0489. The van der Waals surface area contributed by atoms with E-state index in [0.29, 0.717) is 6.42 Å². The summed E-state index contributed by atoms with van der Waals surface area (Å²) in [5.74, 6) is 0.792. The molecule has 0 radical (unpaired) electrons. The van der Waals surface area contributed by atoms with Crippen LogP contribution < -0.4 is 5.32 Å². The molecule has 21 heavy (non-hydrogen) atoms. The van der Waals surface area contributed by atoms with Crippen molar-refractivity contribution in [3.8, 4) is 0 Å². The Morgan fingerprint density at radius 1 is 1.29 bits per heavy atom. The average molecular weight is 290 g/mol. The van der Waals surface area contributed by atoms with Crippen LogP contribution in [0.4, 0.5) is 4.39 Å². The normalized spacial score (nSPS) is 12.8. The summed E-state index contributed by atoms with van der Waals surface area (Å²) in [6.45, 7) is 7.78. The van der Waals surface area contributed by atoms with E-state index in [2.05, 4.69) is 36.2 Å². The van der Waals surface area contributed by atoms with E-state index < -0.39 is 0 Å². The fourth-order valence-electron chi connectivity index (χ4n) is 2.49. The molecular weight excluding hydrogens is 267 g/mol. The zero-order valence-electron chi connectivity index (χ0n) is 12.9. The highest BCUT2D eigenvalue weighted by atomic mass is 19.1. The van der Waals surface area contributed by atoms with Crippen LogP contribution in [0, 0.1) is 5.82 Å². The van der Waals surface area contributed by atoms with Gasteiger partial charge in [-0.15, -0.1) is 0 Å². The molecule has 1 aromatic heterocycles. The van der Waals surface area contributed by atoms with Gasteiger partial charge >= 0.3 is 0 Å². The number of rotatable bonds is 7. The summed E-state index contributed by atoms with van der Waals surface area (Å²) in [6.07, 6.45) is 2.24. The number of benzene rings is 1. The maximum absolute atomic E-state index is 14.1. The van der Waals surface area contributed by atoms with E-state index in [-0.39, 0.29) is 17.8 Å². The largest absolute Gasteiger partial charge is 0.316 e. The summed E-state index contributed by atoms with van der Waals surface area (Å²) >= 11 is 0. The van der Waals surface area contributed by atoms with E-state index in [4.69, 9.17) is 0 Å². The summed E-state index contributed by atoms with van der Waals surface area (Å²) in [6, 6.07) is 7.22. The van der Waals surface area contributed by atoms with Crippen molar-refractivity contribution in [3.63, 3.8) is 0 Å². The molecule has 114 valence electrons. The molecule has 4 nitrogen and oxygen atoms in total. The zero-order valence-corrected chi connectivity index (χ0v) is 12.9. The predicted octanol–water partition coefficient (Wildman–Crippen LogP) is 2.93. The number of hydrogen-bond acceptors (Lipinski definition) is 3. The molecule has 2 aromatic rings. The Morgan fingerprint density at radius 2 is 2.05 bits per heavy atom.